The zero-order chi connectivity index (χ0) is 12.5. The van der Waals surface area contributed by atoms with Gasteiger partial charge in [0.05, 0.1) is 17.9 Å². The maximum atomic E-state index is 10.6. The third-order valence-electron chi connectivity index (χ3n) is 3.03. The molecule has 0 unspecified atom stereocenters. The van der Waals surface area contributed by atoms with Crippen molar-refractivity contribution in [1.29, 1.82) is 0 Å². The molecule has 2 heterocycles. The number of carbonyl (C=O) groups is 1. The Labute approximate surface area is 104 Å². The van der Waals surface area contributed by atoms with Gasteiger partial charge in [0.2, 0.25) is 0 Å². The molecule has 0 spiro atoms. The van der Waals surface area contributed by atoms with Crippen molar-refractivity contribution in [2.24, 2.45) is 7.05 Å². The number of fused-ring (bicyclic) bond motifs is 1. The smallest absolute Gasteiger partial charge is 0.150 e. The van der Waals surface area contributed by atoms with E-state index < -0.39 is 0 Å². The molecule has 1 aromatic carbocycles. The summed E-state index contributed by atoms with van der Waals surface area (Å²) in [4.78, 5) is 14.9. The summed E-state index contributed by atoms with van der Waals surface area (Å²) in [6, 6.07) is 7.45. The summed E-state index contributed by atoms with van der Waals surface area (Å²) in [6.07, 6.45) is 6.29. The van der Waals surface area contributed by atoms with Crippen LogP contribution in [-0.2, 0) is 7.05 Å². The zero-order valence-corrected chi connectivity index (χ0v) is 9.87. The molecule has 0 amide bonds. The van der Waals surface area contributed by atoms with Crippen LogP contribution in [0.1, 0.15) is 10.4 Å². The highest BCUT2D eigenvalue weighted by atomic mass is 16.1. The molecule has 0 bridgehead atoms. The predicted octanol–water partition coefficient (Wildman–Crippen LogP) is 2.45. The van der Waals surface area contributed by atoms with Crippen molar-refractivity contribution in [3.63, 3.8) is 0 Å². The molecule has 0 fully saturated rings. The second-order valence-corrected chi connectivity index (χ2v) is 4.13. The minimum Gasteiger partial charge on any atom is -0.298 e. The summed E-state index contributed by atoms with van der Waals surface area (Å²) in [5.41, 5.74) is 3.72. The number of nitrogens with zero attached hydrogens (tertiary/aromatic N) is 3. The van der Waals surface area contributed by atoms with Crippen LogP contribution in [0.2, 0.25) is 0 Å². The Morgan fingerprint density at radius 2 is 1.89 bits per heavy atom. The van der Waals surface area contributed by atoms with E-state index >= 15 is 0 Å². The highest BCUT2D eigenvalue weighted by molar-refractivity contribution is 5.94. The van der Waals surface area contributed by atoms with E-state index in [1.165, 1.54) is 0 Å². The molecule has 0 aliphatic heterocycles. The summed E-state index contributed by atoms with van der Waals surface area (Å²) in [5, 5.41) is 5.30. The monoisotopic (exact) mass is 237 g/mol. The molecule has 4 nitrogen and oxygen atoms in total. The first-order valence-electron chi connectivity index (χ1n) is 5.61. The second-order valence-electron chi connectivity index (χ2n) is 4.13. The van der Waals surface area contributed by atoms with Gasteiger partial charge in [-0.2, -0.15) is 5.10 Å². The Hall–Kier alpha value is -2.49. The van der Waals surface area contributed by atoms with Crippen LogP contribution < -0.4 is 0 Å². The Kier molecular flexibility index (Phi) is 2.41. The molecular formula is C14H11N3O. The van der Waals surface area contributed by atoms with Crippen molar-refractivity contribution in [3.8, 4) is 11.1 Å². The van der Waals surface area contributed by atoms with Gasteiger partial charge in [0, 0.05) is 29.8 Å². The maximum Gasteiger partial charge on any atom is 0.150 e. The van der Waals surface area contributed by atoms with Gasteiger partial charge in [0.25, 0.3) is 0 Å². The Morgan fingerprint density at radius 3 is 2.61 bits per heavy atom. The number of aryl methyl sites for hydroxylation is 1. The third-order valence-corrected chi connectivity index (χ3v) is 3.03. The number of rotatable bonds is 2. The SMILES string of the molecule is Cn1ncc2c(-c3ccc(C=O)cc3)cncc21. The van der Waals surface area contributed by atoms with Crippen molar-refractivity contribution in [2.75, 3.05) is 0 Å². The van der Waals surface area contributed by atoms with E-state index in [0.717, 1.165) is 28.3 Å². The van der Waals surface area contributed by atoms with E-state index in [9.17, 15) is 4.79 Å². The number of hydrogen-bond acceptors (Lipinski definition) is 3. The Morgan fingerprint density at radius 1 is 1.11 bits per heavy atom. The molecule has 88 valence electrons. The fourth-order valence-electron chi connectivity index (χ4n) is 2.03. The van der Waals surface area contributed by atoms with E-state index in [1.807, 2.05) is 31.6 Å². The van der Waals surface area contributed by atoms with Gasteiger partial charge in [-0.1, -0.05) is 24.3 Å². The highest BCUT2D eigenvalue weighted by Crippen LogP contribution is 2.27. The van der Waals surface area contributed by atoms with Gasteiger partial charge >= 0.3 is 0 Å². The molecule has 3 rings (SSSR count). The first-order chi connectivity index (χ1) is 8.79. The number of aromatic nitrogens is 3. The Balaban J connectivity index is 2.21. The summed E-state index contributed by atoms with van der Waals surface area (Å²) in [5.74, 6) is 0. The summed E-state index contributed by atoms with van der Waals surface area (Å²) < 4.78 is 1.80. The van der Waals surface area contributed by atoms with Crippen molar-refractivity contribution < 1.29 is 4.79 Å². The van der Waals surface area contributed by atoms with Gasteiger partial charge in [-0.25, -0.2) is 0 Å². The largest absolute Gasteiger partial charge is 0.298 e. The van der Waals surface area contributed by atoms with E-state index in [2.05, 4.69) is 10.1 Å². The fourth-order valence-corrected chi connectivity index (χ4v) is 2.03. The molecule has 4 heteroatoms. The lowest BCUT2D eigenvalue weighted by Gasteiger charge is -2.03. The quantitative estimate of drug-likeness (QED) is 0.643. The normalized spacial score (nSPS) is 10.7. The van der Waals surface area contributed by atoms with Gasteiger partial charge in [0.1, 0.15) is 6.29 Å². The van der Waals surface area contributed by atoms with Crippen LogP contribution in [0, 0.1) is 0 Å². The molecule has 2 aromatic heterocycles. The van der Waals surface area contributed by atoms with E-state index in [0.29, 0.717) is 5.56 Å². The van der Waals surface area contributed by atoms with Crippen LogP contribution >= 0.6 is 0 Å². The first-order valence-corrected chi connectivity index (χ1v) is 5.61. The molecule has 0 atom stereocenters. The lowest BCUT2D eigenvalue weighted by atomic mass is 10.0. The van der Waals surface area contributed by atoms with Crippen LogP contribution in [0.15, 0.2) is 42.9 Å². The van der Waals surface area contributed by atoms with Gasteiger partial charge in [-0.15, -0.1) is 0 Å². The van der Waals surface area contributed by atoms with Gasteiger partial charge < -0.3 is 0 Å². The van der Waals surface area contributed by atoms with Crippen LogP contribution in [0.5, 0.6) is 0 Å². The average molecular weight is 237 g/mol. The molecule has 0 saturated carbocycles. The highest BCUT2D eigenvalue weighted by Gasteiger charge is 2.07. The lowest BCUT2D eigenvalue weighted by Crippen LogP contribution is -1.90. The van der Waals surface area contributed by atoms with Crippen molar-refractivity contribution in [1.82, 2.24) is 14.8 Å². The lowest BCUT2D eigenvalue weighted by molar-refractivity contribution is 0.112. The minimum absolute atomic E-state index is 0.671. The number of hydrogen-bond donors (Lipinski definition) is 0. The minimum atomic E-state index is 0.671. The number of benzene rings is 1. The number of pyridine rings is 1. The molecule has 0 radical (unpaired) electrons. The summed E-state index contributed by atoms with van der Waals surface area (Å²) in [7, 11) is 1.89. The number of carbonyl (C=O) groups excluding carboxylic acids is 1. The zero-order valence-electron chi connectivity index (χ0n) is 9.87. The Bertz CT molecular complexity index is 713. The molecule has 0 N–H and O–H groups in total. The average Bonchev–Trinajstić information content (AvgIpc) is 2.81. The van der Waals surface area contributed by atoms with E-state index in [1.54, 1.807) is 23.0 Å². The third kappa shape index (κ3) is 1.59. The molecular weight excluding hydrogens is 226 g/mol. The molecule has 0 saturated heterocycles. The van der Waals surface area contributed by atoms with Crippen LogP contribution in [-0.4, -0.2) is 21.1 Å². The molecule has 3 aromatic rings. The molecule has 0 aliphatic rings. The fraction of sp³-hybridized carbons (Fsp3) is 0.0714. The van der Waals surface area contributed by atoms with E-state index in [-0.39, 0.29) is 0 Å². The first kappa shape index (κ1) is 10.7. The van der Waals surface area contributed by atoms with Crippen molar-refractivity contribution >= 4 is 17.2 Å². The van der Waals surface area contributed by atoms with E-state index in [4.69, 9.17) is 0 Å². The van der Waals surface area contributed by atoms with Gasteiger partial charge in [-0.3, -0.25) is 14.5 Å². The predicted molar refractivity (Wildman–Crippen MR) is 69.3 cm³/mol. The van der Waals surface area contributed by atoms with Gasteiger partial charge in [0.15, 0.2) is 0 Å². The summed E-state index contributed by atoms with van der Waals surface area (Å²) >= 11 is 0. The number of aldehydes is 1. The topological polar surface area (TPSA) is 47.8 Å². The van der Waals surface area contributed by atoms with Crippen molar-refractivity contribution in [3.05, 3.63) is 48.4 Å². The molecule has 18 heavy (non-hydrogen) atoms. The van der Waals surface area contributed by atoms with Crippen LogP contribution in [0.25, 0.3) is 22.0 Å². The summed E-state index contributed by atoms with van der Waals surface area (Å²) in [6.45, 7) is 0. The maximum absolute atomic E-state index is 10.6. The molecule has 0 aliphatic carbocycles. The standard InChI is InChI=1S/C14H11N3O/c1-17-14-8-15-6-12(13(14)7-16-17)11-4-2-10(9-18)3-5-11/h2-9H,1H3. The van der Waals surface area contributed by atoms with Crippen molar-refractivity contribution in [2.45, 2.75) is 0 Å². The van der Waals surface area contributed by atoms with Gasteiger partial charge in [-0.05, 0) is 5.56 Å². The second kappa shape index (κ2) is 4.07. The van der Waals surface area contributed by atoms with Crippen LogP contribution in [0.3, 0.4) is 0 Å². The van der Waals surface area contributed by atoms with Crippen LogP contribution in [0.4, 0.5) is 0 Å².